The summed E-state index contributed by atoms with van der Waals surface area (Å²) >= 11 is 0. The first kappa shape index (κ1) is 15.9. The Hall–Kier alpha value is -2.56. The van der Waals surface area contributed by atoms with Crippen LogP contribution in [0, 0.1) is 0 Å². The molecule has 3 heterocycles. The van der Waals surface area contributed by atoms with Crippen LogP contribution in [0.5, 0.6) is 11.6 Å². The Bertz CT molecular complexity index is 782. The minimum absolute atomic E-state index is 0.0176. The fourth-order valence-corrected chi connectivity index (χ4v) is 3.81. The maximum absolute atomic E-state index is 12.8. The van der Waals surface area contributed by atoms with Gasteiger partial charge in [0.1, 0.15) is 16.9 Å². The van der Waals surface area contributed by atoms with Crippen molar-refractivity contribution in [3.8, 4) is 11.6 Å². The van der Waals surface area contributed by atoms with Gasteiger partial charge in [-0.05, 0) is 36.6 Å². The topological polar surface area (TPSA) is 51.7 Å². The molecule has 0 atom stereocenters. The predicted molar refractivity (Wildman–Crippen MR) is 94.0 cm³/mol. The van der Waals surface area contributed by atoms with Crippen molar-refractivity contribution in [1.82, 2.24) is 9.88 Å². The molecule has 0 unspecified atom stereocenters. The zero-order chi connectivity index (χ0) is 17.3. The van der Waals surface area contributed by atoms with Crippen LogP contribution in [-0.2, 0) is 6.42 Å². The number of piperidine rings is 1. The number of benzene rings is 1. The number of fused-ring (bicyclic) bond motifs is 1. The number of hydrogen-bond acceptors (Lipinski definition) is 4. The number of likely N-dealkylation sites (tertiary alicyclic amines) is 1. The Kier molecular flexibility index (Phi) is 4.07. The van der Waals surface area contributed by atoms with Crippen LogP contribution in [0.15, 0.2) is 42.6 Å². The molecule has 130 valence electrons. The Balaban J connectivity index is 1.46. The average Bonchev–Trinajstić information content (AvgIpc) is 2.68. The third-order valence-corrected chi connectivity index (χ3v) is 5.31. The average molecular weight is 338 g/mol. The largest absolute Gasteiger partial charge is 0.487 e. The molecule has 1 saturated heterocycles. The van der Waals surface area contributed by atoms with E-state index in [0.29, 0.717) is 24.5 Å². The summed E-state index contributed by atoms with van der Waals surface area (Å²) in [5.74, 6) is 1.37. The molecular weight excluding hydrogens is 316 g/mol. The molecule has 2 aliphatic heterocycles. The van der Waals surface area contributed by atoms with E-state index in [1.165, 1.54) is 12.7 Å². The SMILES string of the molecule is COc1ncccc1C(=O)N1CCC2(CCc3ccccc3O2)CC1. The normalized spacial score (nSPS) is 18.4. The highest BCUT2D eigenvalue weighted by atomic mass is 16.5. The van der Waals surface area contributed by atoms with Crippen molar-refractivity contribution in [3.05, 3.63) is 53.7 Å². The van der Waals surface area contributed by atoms with Crippen molar-refractivity contribution in [3.63, 3.8) is 0 Å². The highest BCUT2D eigenvalue weighted by molar-refractivity contribution is 5.96. The van der Waals surface area contributed by atoms with E-state index in [9.17, 15) is 4.79 Å². The first-order chi connectivity index (χ1) is 12.2. The maximum atomic E-state index is 12.8. The summed E-state index contributed by atoms with van der Waals surface area (Å²) in [6.45, 7) is 1.39. The van der Waals surface area contributed by atoms with Gasteiger partial charge < -0.3 is 14.4 Å². The van der Waals surface area contributed by atoms with Gasteiger partial charge in [0.15, 0.2) is 0 Å². The molecule has 1 amide bonds. The van der Waals surface area contributed by atoms with Gasteiger partial charge in [-0.3, -0.25) is 4.79 Å². The monoisotopic (exact) mass is 338 g/mol. The molecule has 0 aliphatic carbocycles. The molecule has 4 rings (SSSR count). The zero-order valence-corrected chi connectivity index (χ0v) is 14.4. The number of rotatable bonds is 2. The van der Waals surface area contributed by atoms with Crippen LogP contribution in [0.3, 0.4) is 0 Å². The number of aryl methyl sites for hydroxylation is 1. The molecule has 1 fully saturated rings. The van der Waals surface area contributed by atoms with E-state index in [2.05, 4.69) is 17.1 Å². The second kappa shape index (κ2) is 6.39. The van der Waals surface area contributed by atoms with Gasteiger partial charge in [-0.1, -0.05) is 18.2 Å². The molecule has 2 aromatic rings. The number of amides is 1. The zero-order valence-electron chi connectivity index (χ0n) is 14.4. The Morgan fingerprint density at radius 1 is 1.16 bits per heavy atom. The highest BCUT2D eigenvalue weighted by Crippen LogP contribution is 2.39. The summed E-state index contributed by atoms with van der Waals surface area (Å²) in [5.41, 5.74) is 1.67. The minimum Gasteiger partial charge on any atom is -0.487 e. The summed E-state index contributed by atoms with van der Waals surface area (Å²) in [6, 6.07) is 11.8. The molecule has 0 radical (unpaired) electrons. The van der Waals surface area contributed by atoms with Crippen LogP contribution in [0.2, 0.25) is 0 Å². The van der Waals surface area contributed by atoms with Crippen molar-refractivity contribution in [2.24, 2.45) is 0 Å². The lowest BCUT2D eigenvalue weighted by Gasteiger charge is -2.44. The molecule has 1 aromatic heterocycles. The van der Waals surface area contributed by atoms with Crippen molar-refractivity contribution in [1.29, 1.82) is 0 Å². The molecule has 1 spiro atoms. The summed E-state index contributed by atoms with van der Waals surface area (Å²) in [5, 5.41) is 0. The van der Waals surface area contributed by atoms with Crippen LogP contribution in [0.4, 0.5) is 0 Å². The summed E-state index contributed by atoms with van der Waals surface area (Å²) in [4.78, 5) is 18.8. The van der Waals surface area contributed by atoms with E-state index in [-0.39, 0.29) is 11.5 Å². The fraction of sp³-hybridized carbons (Fsp3) is 0.400. The van der Waals surface area contributed by atoms with E-state index < -0.39 is 0 Å². The molecule has 0 N–H and O–H groups in total. The lowest BCUT2D eigenvalue weighted by atomic mass is 9.83. The molecule has 5 nitrogen and oxygen atoms in total. The molecule has 0 saturated carbocycles. The summed E-state index contributed by atoms with van der Waals surface area (Å²) < 4.78 is 11.6. The Morgan fingerprint density at radius 3 is 2.76 bits per heavy atom. The predicted octanol–water partition coefficient (Wildman–Crippen LogP) is 3.09. The third-order valence-electron chi connectivity index (χ3n) is 5.31. The van der Waals surface area contributed by atoms with Crippen LogP contribution in [0.25, 0.3) is 0 Å². The van der Waals surface area contributed by atoms with Crippen molar-refractivity contribution in [2.75, 3.05) is 20.2 Å². The van der Waals surface area contributed by atoms with Gasteiger partial charge in [-0.25, -0.2) is 4.98 Å². The second-order valence-corrected chi connectivity index (χ2v) is 6.75. The van der Waals surface area contributed by atoms with Gasteiger partial charge in [0.05, 0.1) is 7.11 Å². The number of para-hydroxylation sites is 1. The van der Waals surface area contributed by atoms with Crippen LogP contribution in [0.1, 0.15) is 35.2 Å². The van der Waals surface area contributed by atoms with Crippen molar-refractivity contribution < 1.29 is 14.3 Å². The Labute approximate surface area is 147 Å². The number of pyridine rings is 1. The molecule has 2 aliphatic rings. The lowest BCUT2D eigenvalue weighted by molar-refractivity contribution is -0.0107. The van der Waals surface area contributed by atoms with Gasteiger partial charge in [-0.2, -0.15) is 0 Å². The van der Waals surface area contributed by atoms with Gasteiger partial charge in [0.25, 0.3) is 5.91 Å². The smallest absolute Gasteiger partial charge is 0.259 e. The quantitative estimate of drug-likeness (QED) is 0.844. The van der Waals surface area contributed by atoms with E-state index in [4.69, 9.17) is 9.47 Å². The van der Waals surface area contributed by atoms with E-state index in [1.807, 2.05) is 17.0 Å². The number of methoxy groups -OCH3 is 1. The number of aromatic nitrogens is 1. The van der Waals surface area contributed by atoms with Crippen LogP contribution in [-0.4, -0.2) is 41.6 Å². The number of ether oxygens (including phenoxy) is 2. The molecule has 1 aromatic carbocycles. The standard InChI is InChI=1S/C20H22N2O3/c1-24-18-16(6-4-12-21-18)19(23)22-13-10-20(11-14-22)9-8-15-5-2-3-7-17(15)25-20/h2-7,12H,8-11,13-14H2,1H3. The number of carbonyl (C=O) groups is 1. The van der Waals surface area contributed by atoms with Crippen LogP contribution < -0.4 is 9.47 Å². The van der Waals surface area contributed by atoms with Crippen molar-refractivity contribution >= 4 is 5.91 Å². The van der Waals surface area contributed by atoms with Gasteiger partial charge in [0.2, 0.25) is 5.88 Å². The molecule has 25 heavy (non-hydrogen) atoms. The first-order valence-electron chi connectivity index (χ1n) is 8.76. The molecular formula is C20H22N2O3. The van der Waals surface area contributed by atoms with Crippen LogP contribution >= 0.6 is 0 Å². The van der Waals surface area contributed by atoms with Crippen molar-refractivity contribution in [2.45, 2.75) is 31.3 Å². The van der Waals surface area contributed by atoms with Gasteiger partial charge in [0, 0.05) is 32.1 Å². The fourth-order valence-electron chi connectivity index (χ4n) is 3.81. The van der Waals surface area contributed by atoms with E-state index in [0.717, 1.165) is 31.4 Å². The van der Waals surface area contributed by atoms with E-state index >= 15 is 0 Å². The first-order valence-corrected chi connectivity index (χ1v) is 8.76. The Morgan fingerprint density at radius 2 is 1.96 bits per heavy atom. The molecule has 5 heteroatoms. The highest BCUT2D eigenvalue weighted by Gasteiger charge is 2.40. The summed E-state index contributed by atoms with van der Waals surface area (Å²) in [6.07, 6.45) is 5.40. The molecule has 0 bridgehead atoms. The second-order valence-electron chi connectivity index (χ2n) is 6.75. The number of carbonyl (C=O) groups excluding carboxylic acids is 1. The van der Waals surface area contributed by atoms with E-state index in [1.54, 1.807) is 18.3 Å². The lowest BCUT2D eigenvalue weighted by Crippen LogP contribution is -2.51. The summed E-state index contributed by atoms with van der Waals surface area (Å²) in [7, 11) is 1.54. The minimum atomic E-state index is -0.135. The van der Waals surface area contributed by atoms with Gasteiger partial charge >= 0.3 is 0 Å². The maximum Gasteiger partial charge on any atom is 0.259 e. The third kappa shape index (κ3) is 2.95. The van der Waals surface area contributed by atoms with Gasteiger partial charge in [-0.15, -0.1) is 0 Å². The number of hydrogen-bond donors (Lipinski definition) is 0. The number of nitrogens with zero attached hydrogens (tertiary/aromatic N) is 2.